The molecule has 0 bridgehead atoms. The van der Waals surface area contributed by atoms with Gasteiger partial charge in [0.25, 0.3) is 0 Å². The zero-order valence-electron chi connectivity index (χ0n) is 18.6. The Morgan fingerprint density at radius 2 is 1.97 bits per heavy atom. The molecule has 5 nitrogen and oxygen atoms in total. The number of ketones is 1. The Labute approximate surface area is 188 Å². The Hall–Kier alpha value is -3.05. The summed E-state index contributed by atoms with van der Waals surface area (Å²) in [7, 11) is 0. The molecule has 0 fully saturated rings. The van der Waals surface area contributed by atoms with Crippen LogP contribution in [0.2, 0.25) is 5.15 Å². The summed E-state index contributed by atoms with van der Waals surface area (Å²) in [5.74, 6) is 0.845. The fraction of sp³-hybridized carbons (Fsp3) is 0.280. The van der Waals surface area contributed by atoms with Crippen molar-refractivity contribution in [3.05, 3.63) is 76.4 Å². The summed E-state index contributed by atoms with van der Waals surface area (Å²) in [6.45, 7) is 10.00. The minimum Gasteiger partial charge on any atom is -0.294 e. The topological polar surface area (TPSA) is 60.7 Å². The van der Waals surface area contributed by atoms with E-state index in [9.17, 15) is 4.79 Å². The Morgan fingerprint density at radius 3 is 2.58 bits per heavy atom. The Balaban J connectivity index is 2.23. The monoisotopic (exact) mass is 434 g/mol. The van der Waals surface area contributed by atoms with Gasteiger partial charge < -0.3 is 0 Å². The van der Waals surface area contributed by atoms with Gasteiger partial charge in [-0.25, -0.2) is 14.6 Å². The molecule has 0 saturated carbocycles. The number of allylic oxidation sites excluding steroid dienone is 6. The van der Waals surface area contributed by atoms with Crippen molar-refractivity contribution in [2.45, 2.75) is 47.5 Å². The summed E-state index contributed by atoms with van der Waals surface area (Å²) < 4.78 is 1.74. The van der Waals surface area contributed by atoms with Crippen LogP contribution in [0.4, 0.5) is 0 Å². The van der Waals surface area contributed by atoms with Crippen LogP contribution in [-0.4, -0.2) is 25.5 Å². The highest BCUT2D eigenvalue weighted by atomic mass is 35.5. The van der Waals surface area contributed by atoms with Crippen molar-refractivity contribution in [2.24, 2.45) is 0 Å². The lowest BCUT2D eigenvalue weighted by atomic mass is 9.93. The zero-order chi connectivity index (χ0) is 22.5. The molecule has 3 aromatic heterocycles. The number of Topliss-reactive ketones (excluding diaryl/α,β-unsaturated/α-hetero) is 1. The van der Waals surface area contributed by atoms with E-state index in [1.165, 1.54) is 0 Å². The van der Waals surface area contributed by atoms with Gasteiger partial charge in [-0.05, 0) is 56.5 Å². The van der Waals surface area contributed by atoms with E-state index in [1.807, 2.05) is 58.2 Å². The van der Waals surface area contributed by atoms with Crippen molar-refractivity contribution in [3.8, 4) is 5.82 Å². The smallest absolute Gasteiger partial charge is 0.162 e. The molecule has 0 spiro atoms. The number of carbonyl (C=O) groups excluding carboxylic acids is 1. The third kappa shape index (κ3) is 4.83. The molecule has 0 aliphatic carbocycles. The Kier molecular flexibility index (Phi) is 7.18. The van der Waals surface area contributed by atoms with Gasteiger partial charge in [0.15, 0.2) is 11.6 Å². The van der Waals surface area contributed by atoms with Crippen LogP contribution in [-0.2, 0) is 4.79 Å². The van der Waals surface area contributed by atoms with E-state index in [0.29, 0.717) is 17.4 Å². The third-order valence-corrected chi connectivity index (χ3v) is 5.55. The van der Waals surface area contributed by atoms with E-state index in [1.54, 1.807) is 23.1 Å². The van der Waals surface area contributed by atoms with Gasteiger partial charge in [0.2, 0.25) is 0 Å². The maximum absolute atomic E-state index is 12.6. The predicted molar refractivity (Wildman–Crippen MR) is 127 cm³/mol. The third-order valence-electron chi connectivity index (χ3n) is 5.34. The average molecular weight is 435 g/mol. The normalized spacial score (nSPS) is 13.5. The van der Waals surface area contributed by atoms with Crippen molar-refractivity contribution < 1.29 is 4.79 Å². The van der Waals surface area contributed by atoms with Crippen molar-refractivity contribution in [1.82, 2.24) is 19.7 Å². The minimum absolute atomic E-state index is 0.150. The van der Waals surface area contributed by atoms with Gasteiger partial charge in [0, 0.05) is 47.6 Å². The highest BCUT2D eigenvalue weighted by Gasteiger charge is 2.16. The molecule has 0 N–H and O–H groups in total. The summed E-state index contributed by atoms with van der Waals surface area (Å²) in [6.07, 6.45) is 10.7. The van der Waals surface area contributed by atoms with Gasteiger partial charge in [-0.15, -0.1) is 0 Å². The van der Waals surface area contributed by atoms with Crippen LogP contribution in [0.3, 0.4) is 0 Å². The minimum atomic E-state index is 0.150. The van der Waals surface area contributed by atoms with Crippen molar-refractivity contribution in [3.63, 3.8) is 0 Å². The first-order valence-corrected chi connectivity index (χ1v) is 10.8. The first-order valence-electron chi connectivity index (χ1n) is 10.4. The number of carbonyl (C=O) groups is 1. The molecular weight excluding hydrogens is 408 g/mol. The van der Waals surface area contributed by atoms with Gasteiger partial charge in [-0.1, -0.05) is 37.1 Å². The van der Waals surface area contributed by atoms with Crippen molar-refractivity contribution in [1.29, 1.82) is 0 Å². The van der Waals surface area contributed by atoms with E-state index in [0.717, 1.165) is 45.2 Å². The lowest BCUT2D eigenvalue weighted by molar-refractivity contribution is -0.115. The number of hydrogen-bond acceptors (Lipinski definition) is 4. The van der Waals surface area contributed by atoms with E-state index < -0.39 is 0 Å². The first-order chi connectivity index (χ1) is 14.9. The second kappa shape index (κ2) is 9.84. The predicted octanol–water partition coefficient (Wildman–Crippen LogP) is 6.52. The number of hydrogen-bond donors (Lipinski definition) is 0. The zero-order valence-corrected chi connectivity index (χ0v) is 19.4. The van der Waals surface area contributed by atoms with E-state index >= 15 is 0 Å². The SMILES string of the molecule is C\C=C(/C(C)=C\C(C(=O)CC)=C(/C)CC)c1cc2cnc(Cl)cc2nc1-n1cccn1. The second-order valence-electron chi connectivity index (χ2n) is 7.36. The molecule has 0 radical (unpaired) electrons. The van der Waals surface area contributed by atoms with Gasteiger partial charge >= 0.3 is 0 Å². The molecule has 0 saturated heterocycles. The summed E-state index contributed by atoms with van der Waals surface area (Å²) in [5, 5.41) is 5.67. The van der Waals surface area contributed by atoms with Gasteiger partial charge in [-0.2, -0.15) is 5.10 Å². The van der Waals surface area contributed by atoms with Crippen LogP contribution in [0.25, 0.3) is 22.3 Å². The van der Waals surface area contributed by atoms with Crippen LogP contribution in [0.1, 0.15) is 53.0 Å². The molecule has 0 aliphatic rings. The largest absolute Gasteiger partial charge is 0.294 e. The second-order valence-corrected chi connectivity index (χ2v) is 7.75. The van der Waals surface area contributed by atoms with Gasteiger partial charge in [0.1, 0.15) is 5.15 Å². The quantitative estimate of drug-likeness (QED) is 0.241. The summed E-state index contributed by atoms with van der Waals surface area (Å²) in [5.41, 5.74) is 5.50. The number of fused-ring (bicyclic) bond motifs is 1. The van der Waals surface area contributed by atoms with Gasteiger partial charge in [0.05, 0.1) is 5.52 Å². The van der Waals surface area contributed by atoms with Crippen LogP contribution in [0.5, 0.6) is 0 Å². The molecule has 0 aliphatic heterocycles. The van der Waals surface area contributed by atoms with E-state index in [4.69, 9.17) is 16.6 Å². The molecule has 0 aromatic carbocycles. The van der Waals surface area contributed by atoms with Crippen LogP contribution < -0.4 is 0 Å². The number of nitrogens with zero attached hydrogens (tertiary/aromatic N) is 4. The highest BCUT2D eigenvalue weighted by Crippen LogP contribution is 2.31. The fourth-order valence-electron chi connectivity index (χ4n) is 3.51. The molecule has 3 rings (SSSR count). The summed E-state index contributed by atoms with van der Waals surface area (Å²) in [6, 6.07) is 5.66. The summed E-state index contributed by atoms with van der Waals surface area (Å²) in [4.78, 5) is 21.6. The molecule has 0 atom stereocenters. The van der Waals surface area contributed by atoms with Crippen LogP contribution >= 0.6 is 11.6 Å². The van der Waals surface area contributed by atoms with E-state index in [2.05, 4.69) is 17.0 Å². The lowest BCUT2D eigenvalue weighted by Gasteiger charge is -2.15. The fourth-order valence-corrected chi connectivity index (χ4v) is 3.66. The van der Waals surface area contributed by atoms with Crippen molar-refractivity contribution >= 4 is 33.9 Å². The van der Waals surface area contributed by atoms with Crippen molar-refractivity contribution in [2.75, 3.05) is 0 Å². The van der Waals surface area contributed by atoms with Gasteiger partial charge in [-0.3, -0.25) is 4.79 Å². The van der Waals surface area contributed by atoms with Crippen LogP contribution in [0.15, 0.2) is 65.7 Å². The Morgan fingerprint density at radius 1 is 1.19 bits per heavy atom. The standard InChI is InChI=1S/C25H27ClN4O/c1-6-16(4)20(23(31)8-3)12-17(5)19(7-2)21-13-18-15-27-24(26)14-22(18)29-25(21)30-11-9-10-28-30/h7,9-15H,6,8H2,1-5H3/b17-12-,19-7+,20-16-. The van der Waals surface area contributed by atoms with Crippen LogP contribution in [0, 0.1) is 0 Å². The molecule has 31 heavy (non-hydrogen) atoms. The number of halogens is 1. The maximum Gasteiger partial charge on any atom is 0.162 e. The average Bonchev–Trinajstić information content (AvgIpc) is 3.31. The Bertz CT molecular complexity index is 1200. The lowest BCUT2D eigenvalue weighted by Crippen LogP contribution is -2.06. The number of pyridine rings is 2. The molecular formula is C25H27ClN4O. The number of rotatable bonds is 7. The highest BCUT2D eigenvalue weighted by molar-refractivity contribution is 6.30. The molecule has 6 heteroatoms. The maximum atomic E-state index is 12.6. The molecule has 3 aromatic rings. The number of aromatic nitrogens is 4. The molecule has 160 valence electrons. The molecule has 0 unspecified atom stereocenters. The first kappa shape index (κ1) is 22.6. The summed E-state index contributed by atoms with van der Waals surface area (Å²) >= 11 is 6.09. The molecule has 3 heterocycles. The van der Waals surface area contributed by atoms with E-state index in [-0.39, 0.29) is 5.78 Å². The molecule has 0 amide bonds.